The van der Waals surface area contributed by atoms with Gasteiger partial charge in [0, 0.05) is 5.92 Å². The lowest BCUT2D eigenvalue weighted by Crippen LogP contribution is -2.58. The quantitative estimate of drug-likeness (QED) is 0.578. The minimum Gasteiger partial charge on any atom is -0.407 e. The molecule has 1 aliphatic heterocycles. The van der Waals surface area contributed by atoms with Crippen LogP contribution in [0.2, 0.25) is 18.1 Å². The lowest BCUT2D eigenvalue weighted by Gasteiger charge is -2.39. The standard InChI is InChI=1S/C20H35N3O4Si/c1-8-15-13(2)16(27-28(6,7)20(3,4)5)17(26-15)23-12-22(11-14-9-10-14)18(24)21-19(23)25/h12-17H,8-11H2,1-7H3/p+1/t13-,15+,16?,17+/m0/s1. The predicted molar refractivity (Wildman–Crippen MR) is 110 cm³/mol. The maximum atomic E-state index is 12.7. The molecule has 0 amide bonds. The largest absolute Gasteiger partial charge is 0.448 e. The van der Waals surface area contributed by atoms with E-state index in [9.17, 15) is 9.59 Å². The molecule has 1 unspecified atom stereocenters. The van der Waals surface area contributed by atoms with Crippen molar-refractivity contribution >= 4 is 8.32 Å². The average Bonchev–Trinajstić information content (AvgIpc) is 3.34. The summed E-state index contributed by atoms with van der Waals surface area (Å²) in [6.45, 7) is 15.9. The zero-order valence-electron chi connectivity index (χ0n) is 18.3. The van der Waals surface area contributed by atoms with Crippen LogP contribution in [0.5, 0.6) is 0 Å². The number of nitrogens with one attached hydrogen (secondary N) is 1. The molecule has 158 valence electrons. The van der Waals surface area contributed by atoms with Gasteiger partial charge < -0.3 is 9.16 Å². The maximum absolute atomic E-state index is 12.7. The first-order valence-corrected chi connectivity index (χ1v) is 13.4. The van der Waals surface area contributed by atoms with Crippen molar-refractivity contribution < 1.29 is 13.7 Å². The van der Waals surface area contributed by atoms with E-state index in [2.05, 4.69) is 52.7 Å². The Morgan fingerprint density at radius 3 is 2.50 bits per heavy atom. The predicted octanol–water partition coefficient (Wildman–Crippen LogP) is 2.57. The van der Waals surface area contributed by atoms with Crippen molar-refractivity contribution in [1.82, 2.24) is 9.55 Å². The summed E-state index contributed by atoms with van der Waals surface area (Å²) in [5, 5.41) is 0.0589. The summed E-state index contributed by atoms with van der Waals surface area (Å²) in [7, 11) is -2.06. The van der Waals surface area contributed by atoms with E-state index in [0.29, 0.717) is 12.5 Å². The Morgan fingerprint density at radius 1 is 1.32 bits per heavy atom. The molecular weight excluding hydrogens is 374 g/mol. The average molecular weight is 411 g/mol. The van der Waals surface area contributed by atoms with E-state index in [4.69, 9.17) is 9.16 Å². The molecule has 7 nitrogen and oxygen atoms in total. The summed E-state index contributed by atoms with van der Waals surface area (Å²) in [6.07, 6.45) is 4.05. The Hall–Kier alpha value is -1.25. The second kappa shape index (κ2) is 7.53. The highest BCUT2D eigenvalue weighted by Gasteiger charge is 2.50. The third kappa shape index (κ3) is 4.18. The Bertz CT molecular complexity index is 822. The molecule has 1 aromatic rings. The number of ether oxygens (including phenoxy) is 1. The van der Waals surface area contributed by atoms with Gasteiger partial charge in [-0.1, -0.05) is 34.6 Å². The van der Waals surface area contributed by atoms with E-state index in [1.165, 1.54) is 4.57 Å². The normalized spacial score (nSPS) is 28.7. The molecule has 2 fully saturated rings. The zero-order valence-corrected chi connectivity index (χ0v) is 19.3. The van der Waals surface area contributed by atoms with E-state index < -0.39 is 20.2 Å². The number of hydrogen-bond acceptors (Lipinski definition) is 4. The topological polar surface area (TPSA) is 77.2 Å². The molecule has 0 spiro atoms. The summed E-state index contributed by atoms with van der Waals surface area (Å²) in [4.78, 5) is 27.4. The summed E-state index contributed by atoms with van der Waals surface area (Å²) in [6, 6.07) is 0. The summed E-state index contributed by atoms with van der Waals surface area (Å²) < 4.78 is 16.2. The number of rotatable bonds is 6. The monoisotopic (exact) mass is 410 g/mol. The molecule has 2 heterocycles. The van der Waals surface area contributed by atoms with Gasteiger partial charge in [0.25, 0.3) is 0 Å². The molecule has 1 N–H and O–H groups in total. The van der Waals surface area contributed by atoms with Gasteiger partial charge in [0.05, 0.1) is 12.6 Å². The third-order valence-corrected chi connectivity index (χ3v) is 11.2. The van der Waals surface area contributed by atoms with Gasteiger partial charge >= 0.3 is 11.4 Å². The molecule has 28 heavy (non-hydrogen) atoms. The van der Waals surface area contributed by atoms with E-state index in [0.717, 1.165) is 19.3 Å². The molecule has 8 heteroatoms. The Balaban J connectivity index is 1.98. The highest BCUT2D eigenvalue weighted by atomic mass is 28.4. The first-order valence-electron chi connectivity index (χ1n) is 10.5. The fraction of sp³-hybridized carbons (Fsp3) is 0.850. The first kappa shape index (κ1) is 21.5. The van der Waals surface area contributed by atoms with Crippen LogP contribution in [0.4, 0.5) is 0 Å². The molecule has 4 atom stereocenters. The van der Waals surface area contributed by atoms with Crippen molar-refractivity contribution in [2.75, 3.05) is 0 Å². The Morgan fingerprint density at radius 2 is 1.96 bits per heavy atom. The highest BCUT2D eigenvalue weighted by molar-refractivity contribution is 6.74. The van der Waals surface area contributed by atoms with Crippen LogP contribution in [0.1, 0.15) is 60.1 Å². The summed E-state index contributed by atoms with van der Waals surface area (Å²) >= 11 is 0. The number of H-pyrrole nitrogens is 1. The zero-order chi connectivity index (χ0) is 20.9. The van der Waals surface area contributed by atoms with Gasteiger partial charge in [-0.3, -0.25) is 0 Å². The SMILES string of the molecule is CC[C@H]1O[C@@H](n2c[n+](CC3CC3)c(=O)[nH]c2=O)C(O[Si](C)(C)C(C)(C)C)[C@H]1C. The van der Waals surface area contributed by atoms with Crippen LogP contribution in [-0.2, 0) is 15.7 Å². The van der Waals surface area contributed by atoms with Crippen LogP contribution < -0.4 is 15.9 Å². The van der Waals surface area contributed by atoms with Gasteiger partial charge in [-0.2, -0.15) is 9.55 Å². The van der Waals surface area contributed by atoms with Crippen molar-refractivity contribution in [2.45, 2.75) is 97.0 Å². The molecule has 2 aliphatic rings. The van der Waals surface area contributed by atoms with E-state index in [1.807, 2.05) is 0 Å². The van der Waals surface area contributed by atoms with Crippen LogP contribution >= 0.6 is 0 Å². The fourth-order valence-electron chi connectivity index (χ4n) is 3.60. The van der Waals surface area contributed by atoms with Gasteiger partial charge in [0.1, 0.15) is 6.10 Å². The number of aromatic nitrogens is 3. The Kier molecular flexibility index (Phi) is 5.77. The van der Waals surface area contributed by atoms with Crippen LogP contribution in [0.15, 0.2) is 15.9 Å². The smallest absolute Gasteiger partial charge is 0.407 e. The first-order chi connectivity index (χ1) is 12.9. The van der Waals surface area contributed by atoms with Gasteiger partial charge in [-0.25, -0.2) is 14.2 Å². The summed E-state index contributed by atoms with van der Waals surface area (Å²) in [5.41, 5.74) is -0.789. The van der Waals surface area contributed by atoms with Crippen molar-refractivity contribution in [3.8, 4) is 0 Å². The maximum Gasteiger partial charge on any atom is 0.448 e. The van der Waals surface area contributed by atoms with E-state index >= 15 is 0 Å². The van der Waals surface area contributed by atoms with Crippen molar-refractivity contribution in [1.29, 1.82) is 0 Å². The van der Waals surface area contributed by atoms with E-state index in [1.54, 1.807) is 10.9 Å². The van der Waals surface area contributed by atoms with Gasteiger partial charge in [0.2, 0.25) is 12.6 Å². The molecule has 0 radical (unpaired) electrons. The molecule has 3 rings (SSSR count). The molecule has 1 saturated carbocycles. The Labute approximate surface area is 168 Å². The number of hydrogen-bond donors (Lipinski definition) is 1. The minimum atomic E-state index is -2.06. The van der Waals surface area contributed by atoms with Crippen LogP contribution in [0.25, 0.3) is 0 Å². The van der Waals surface area contributed by atoms with Crippen LogP contribution in [-0.4, -0.2) is 30.1 Å². The summed E-state index contributed by atoms with van der Waals surface area (Å²) in [5.74, 6) is 0.697. The van der Waals surface area contributed by atoms with Gasteiger partial charge in [0.15, 0.2) is 8.32 Å². The number of nitrogens with zero attached hydrogens (tertiary/aromatic N) is 2. The molecule has 1 saturated heterocycles. The second-order valence-electron chi connectivity index (χ2n) is 10.0. The molecular formula is C20H36N3O4Si+. The third-order valence-electron chi connectivity index (χ3n) is 6.74. The lowest BCUT2D eigenvalue weighted by atomic mass is 9.99. The number of aromatic amines is 1. The highest BCUT2D eigenvalue weighted by Crippen LogP contribution is 2.43. The van der Waals surface area contributed by atoms with Crippen LogP contribution in [0.3, 0.4) is 0 Å². The van der Waals surface area contributed by atoms with Gasteiger partial charge in [-0.05, 0) is 43.3 Å². The van der Waals surface area contributed by atoms with Gasteiger partial charge in [-0.15, -0.1) is 0 Å². The van der Waals surface area contributed by atoms with Crippen LogP contribution in [0, 0.1) is 11.8 Å². The molecule has 1 aliphatic carbocycles. The molecule has 0 aromatic carbocycles. The fourth-order valence-corrected chi connectivity index (χ4v) is 4.96. The minimum absolute atomic E-state index is 0.0236. The lowest BCUT2D eigenvalue weighted by molar-refractivity contribution is -0.721. The molecule has 0 bridgehead atoms. The van der Waals surface area contributed by atoms with Crippen molar-refractivity contribution in [3.63, 3.8) is 0 Å². The van der Waals surface area contributed by atoms with Crippen molar-refractivity contribution in [3.05, 3.63) is 27.3 Å². The second-order valence-corrected chi connectivity index (χ2v) is 14.8. The molecule has 1 aromatic heterocycles. The van der Waals surface area contributed by atoms with E-state index in [-0.39, 0.29) is 28.9 Å². The van der Waals surface area contributed by atoms with Crippen molar-refractivity contribution in [2.24, 2.45) is 11.8 Å².